The van der Waals surface area contributed by atoms with Crippen LogP contribution in [0, 0.1) is 12.8 Å². The van der Waals surface area contributed by atoms with Gasteiger partial charge in [-0.05, 0) is 75.0 Å². The van der Waals surface area contributed by atoms with Gasteiger partial charge in [-0.25, -0.2) is 9.69 Å². The number of esters is 1. The van der Waals surface area contributed by atoms with Crippen molar-refractivity contribution in [3.8, 4) is 0 Å². The lowest BCUT2D eigenvalue weighted by Gasteiger charge is -2.34. The van der Waals surface area contributed by atoms with Crippen molar-refractivity contribution in [2.24, 2.45) is 5.92 Å². The Morgan fingerprint density at radius 2 is 1.49 bits per heavy atom. The van der Waals surface area contributed by atoms with Crippen LogP contribution in [0.1, 0.15) is 51.1 Å². The van der Waals surface area contributed by atoms with Crippen molar-refractivity contribution in [3.63, 3.8) is 0 Å². The van der Waals surface area contributed by atoms with E-state index < -0.39 is 12.0 Å². The van der Waals surface area contributed by atoms with Gasteiger partial charge in [0.25, 0.3) is 5.91 Å². The van der Waals surface area contributed by atoms with Crippen LogP contribution in [0.3, 0.4) is 0 Å². The second kappa shape index (κ2) is 11.7. The number of hydrogen-bond donors (Lipinski definition) is 0. The number of ether oxygens (including phenoxy) is 1. The van der Waals surface area contributed by atoms with E-state index in [0.717, 1.165) is 37.9 Å². The van der Waals surface area contributed by atoms with Crippen molar-refractivity contribution in [1.82, 2.24) is 4.90 Å². The molecule has 7 heteroatoms. The molecule has 0 aromatic heterocycles. The van der Waals surface area contributed by atoms with E-state index in [9.17, 15) is 19.2 Å². The van der Waals surface area contributed by atoms with Crippen LogP contribution in [0.4, 0.5) is 5.69 Å². The maximum absolute atomic E-state index is 13.3. The third kappa shape index (κ3) is 6.15. The van der Waals surface area contributed by atoms with Crippen molar-refractivity contribution < 1.29 is 23.9 Å². The normalized spacial score (nSPS) is 18.4. The maximum atomic E-state index is 13.3. The Hall–Kier alpha value is -4.10. The second-order valence-corrected chi connectivity index (χ2v) is 10.4. The average molecular weight is 525 g/mol. The average Bonchev–Trinajstić information content (AvgIpc) is 3.26. The number of piperidine rings is 1. The fourth-order valence-electron chi connectivity index (χ4n) is 5.37. The zero-order chi connectivity index (χ0) is 27.4. The van der Waals surface area contributed by atoms with Gasteiger partial charge in [0.1, 0.15) is 0 Å². The summed E-state index contributed by atoms with van der Waals surface area (Å²) in [7, 11) is 0. The topological polar surface area (TPSA) is 84.0 Å². The molecule has 1 unspecified atom stereocenters. The minimum atomic E-state index is -0.641. The Labute approximate surface area is 228 Å². The van der Waals surface area contributed by atoms with Gasteiger partial charge in [-0.15, -0.1) is 0 Å². The highest BCUT2D eigenvalue weighted by Gasteiger charge is 2.43. The third-order valence-corrected chi connectivity index (χ3v) is 7.65. The molecule has 0 aliphatic carbocycles. The van der Waals surface area contributed by atoms with E-state index in [2.05, 4.69) is 29.2 Å². The molecule has 2 heterocycles. The lowest BCUT2D eigenvalue weighted by Crippen LogP contribution is -2.46. The fourth-order valence-corrected chi connectivity index (χ4v) is 5.37. The molecule has 2 aliphatic rings. The van der Waals surface area contributed by atoms with Crippen molar-refractivity contribution in [2.75, 3.05) is 24.6 Å². The smallest absolute Gasteiger partial charge is 0.338 e. The number of hydrogen-bond acceptors (Lipinski definition) is 6. The summed E-state index contributed by atoms with van der Waals surface area (Å²) in [6, 6.07) is 23.2. The van der Waals surface area contributed by atoms with Crippen LogP contribution in [-0.2, 0) is 20.7 Å². The summed E-state index contributed by atoms with van der Waals surface area (Å²) in [5, 5.41) is 0. The molecule has 0 radical (unpaired) electrons. The van der Waals surface area contributed by atoms with E-state index in [1.165, 1.54) is 22.6 Å². The van der Waals surface area contributed by atoms with Gasteiger partial charge in [0.05, 0.1) is 23.7 Å². The number of carbonyl (C=O) groups is 4. The zero-order valence-electron chi connectivity index (χ0n) is 22.0. The Bertz CT molecular complexity index is 1340. The molecule has 0 spiro atoms. The summed E-state index contributed by atoms with van der Waals surface area (Å²) in [5.41, 5.74) is 3.52. The molecule has 2 saturated heterocycles. The first-order valence-corrected chi connectivity index (χ1v) is 13.4. The monoisotopic (exact) mass is 524 g/mol. The Morgan fingerprint density at radius 1 is 0.846 bits per heavy atom. The molecule has 7 nitrogen and oxygen atoms in total. The number of aryl methyl sites for hydroxylation is 1. The minimum absolute atomic E-state index is 0.160. The van der Waals surface area contributed by atoms with Crippen molar-refractivity contribution in [3.05, 3.63) is 101 Å². The van der Waals surface area contributed by atoms with Crippen LogP contribution in [0.15, 0.2) is 78.9 Å². The molecular formula is C32H32N2O5. The van der Waals surface area contributed by atoms with Gasteiger partial charge in [-0.1, -0.05) is 60.2 Å². The number of amides is 2. The van der Waals surface area contributed by atoms with Crippen molar-refractivity contribution in [2.45, 2.75) is 38.6 Å². The lowest BCUT2D eigenvalue weighted by molar-refractivity contribution is -0.123. The van der Waals surface area contributed by atoms with E-state index in [0.29, 0.717) is 17.2 Å². The van der Waals surface area contributed by atoms with Gasteiger partial charge >= 0.3 is 5.97 Å². The molecule has 3 aromatic rings. The molecule has 2 aliphatic heterocycles. The van der Waals surface area contributed by atoms with Gasteiger partial charge in [0.2, 0.25) is 5.91 Å². The maximum Gasteiger partial charge on any atom is 0.338 e. The largest absolute Gasteiger partial charge is 0.454 e. The van der Waals surface area contributed by atoms with Crippen molar-refractivity contribution in [1.29, 1.82) is 0 Å². The summed E-state index contributed by atoms with van der Waals surface area (Å²) in [6.07, 6.45) is 3.19. The molecule has 0 N–H and O–H groups in total. The van der Waals surface area contributed by atoms with Crippen molar-refractivity contribution >= 4 is 29.3 Å². The number of rotatable bonds is 8. The Kier molecular flexibility index (Phi) is 7.98. The summed E-state index contributed by atoms with van der Waals surface area (Å²) in [5.74, 6) is -0.817. The summed E-state index contributed by atoms with van der Waals surface area (Å²) < 4.78 is 5.18. The van der Waals surface area contributed by atoms with Gasteiger partial charge in [0, 0.05) is 5.56 Å². The van der Waals surface area contributed by atoms with E-state index in [1.807, 2.05) is 25.1 Å². The number of Topliss-reactive ketones (excluding diaryl/α,β-unsaturated/α-hetero) is 1. The Balaban J connectivity index is 1.15. The predicted octanol–water partition coefficient (Wildman–Crippen LogP) is 4.62. The van der Waals surface area contributed by atoms with Gasteiger partial charge in [-0.3, -0.25) is 19.3 Å². The molecule has 3 aromatic carbocycles. The van der Waals surface area contributed by atoms with E-state index in [4.69, 9.17) is 4.74 Å². The third-order valence-electron chi connectivity index (χ3n) is 7.65. The van der Waals surface area contributed by atoms with E-state index in [-0.39, 0.29) is 36.2 Å². The first-order chi connectivity index (χ1) is 18.9. The molecule has 1 atom stereocenters. The number of benzene rings is 3. The number of imide groups is 1. The SMILES string of the molecule is Cc1ccc(C(=O)COC(=O)c2ccc(N3C(=O)CC(N4CCC(Cc5ccccc5)CC4)C3=O)cc2)cc1. The van der Waals surface area contributed by atoms with Crippen LogP contribution in [0.2, 0.25) is 0 Å². The van der Waals surface area contributed by atoms with E-state index >= 15 is 0 Å². The fraction of sp³-hybridized carbons (Fsp3) is 0.312. The lowest BCUT2D eigenvalue weighted by atomic mass is 9.89. The number of likely N-dealkylation sites (tertiary alicyclic amines) is 1. The molecule has 200 valence electrons. The van der Waals surface area contributed by atoms with Gasteiger partial charge < -0.3 is 4.74 Å². The number of anilines is 1. The number of nitrogens with zero attached hydrogens (tertiary/aromatic N) is 2. The molecule has 2 fully saturated rings. The van der Waals surface area contributed by atoms with Crippen LogP contribution in [0.5, 0.6) is 0 Å². The van der Waals surface area contributed by atoms with Crippen LogP contribution in [0.25, 0.3) is 0 Å². The van der Waals surface area contributed by atoms with Crippen LogP contribution < -0.4 is 4.90 Å². The summed E-state index contributed by atoms with van der Waals surface area (Å²) in [4.78, 5) is 54.2. The predicted molar refractivity (Wildman–Crippen MR) is 148 cm³/mol. The molecule has 0 saturated carbocycles. The molecule has 5 rings (SSSR count). The quantitative estimate of drug-likeness (QED) is 0.243. The Morgan fingerprint density at radius 3 is 2.15 bits per heavy atom. The van der Waals surface area contributed by atoms with E-state index in [1.54, 1.807) is 24.3 Å². The minimum Gasteiger partial charge on any atom is -0.454 e. The highest BCUT2D eigenvalue weighted by molar-refractivity contribution is 6.22. The van der Waals surface area contributed by atoms with Crippen LogP contribution in [-0.4, -0.2) is 54.2 Å². The molecule has 0 bridgehead atoms. The van der Waals surface area contributed by atoms with Gasteiger partial charge in [-0.2, -0.15) is 0 Å². The molecule has 39 heavy (non-hydrogen) atoms. The highest BCUT2D eigenvalue weighted by atomic mass is 16.5. The zero-order valence-corrected chi connectivity index (χ0v) is 22.0. The summed E-state index contributed by atoms with van der Waals surface area (Å²) >= 11 is 0. The first kappa shape index (κ1) is 26.5. The van der Waals surface area contributed by atoms with Crippen LogP contribution >= 0.6 is 0 Å². The number of carbonyl (C=O) groups excluding carboxylic acids is 4. The standard InChI is InChI=1S/C32H32N2O5/c1-22-7-9-25(10-8-22)29(35)21-39-32(38)26-11-13-27(14-12-26)34-30(36)20-28(31(34)37)33-17-15-24(16-18-33)19-23-5-3-2-4-6-23/h2-14,24,28H,15-21H2,1H3. The number of ketones is 1. The molecular weight excluding hydrogens is 492 g/mol. The second-order valence-electron chi connectivity index (χ2n) is 10.4. The highest BCUT2D eigenvalue weighted by Crippen LogP contribution is 2.30. The first-order valence-electron chi connectivity index (χ1n) is 13.4. The van der Waals surface area contributed by atoms with Gasteiger partial charge in [0.15, 0.2) is 12.4 Å². The molecule has 2 amide bonds. The summed E-state index contributed by atoms with van der Waals surface area (Å²) in [6.45, 7) is 3.15.